The molecule has 1 heterocycles. The molecule has 0 atom stereocenters. The van der Waals surface area contributed by atoms with Crippen LogP contribution in [-0.2, 0) is 0 Å². The summed E-state index contributed by atoms with van der Waals surface area (Å²) in [5, 5.41) is 11.6. The molecule has 0 aliphatic heterocycles. The SMILES string of the molecule is C/C(C=Nn1c(-c2ccc(C)cc2)n[nH]c1=S)=C\c1ccccc1. The summed E-state index contributed by atoms with van der Waals surface area (Å²) in [6.07, 6.45) is 3.86. The van der Waals surface area contributed by atoms with Gasteiger partial charge in [0, 0.05) is 5.56 Å². The molecule has 0 unspecified atom stereocenters. The van der Waals surface area contributed by atoms with Gasteiger partial charge in [-0.3, -0.25) is 0 Å². The largest absolute Gasteiger partial charge is 0.250 e. The van der Waals surface area contributed by atoms with Gasteiger partial charge in [-0.15, -0.1) is 0 Å². The molecule has 3 rings (SSSR count). The first-order valence-corrected chi connectivity index (χ1v) is 8.06. The van der Waals surface area contributed by atoms with E-state index in [1.54, 1.807) is 10.9 Å². The molecule has 0 fully saturated rings. The van der Waals surface area contributed by atoms with Crippen LogP contribution in [0.2, 0.25) is 0 Å². The number of nitrogens with one attached hydrogen (secondary N) is 1. The number of nitrogens with zero attached hydrogens (tertiary/aromatic N) is 3. The lowest BCUT2D eigenvalue weighted by Crippen LogP contribution is -1.95. The molecule has 0 radical (unpaired) electrons. The third-order valence-electron chi connectivity index (χ3n) is 3.53. The van der Waals surface area contributed by atoms with Crippen LogP contribution in [0.25, 0.3) is 17.5 Å². The van der Waals surface area contributed by atoms with Gasteiger partial charge in [-0.05, 0) is 37.2 Å². The van der Waals surface area contributed by atoms with Crippen molar-refractivity contribution in [2.24, 2.45) is 5.10 Å². The second-order valence-electron chi connectivity index (χ2n) is 5.57. The minimum atomic E-state index is 0.467. The highest BCUT2D eigenvalue weighted by Gasteiger charge is 2.07. The topological polar surface area (TPSA) is 46.0 Å². The standard InChI is InChI=1S/C19H18N4S/c1-14-8-10-17(11-9-14)18-21-22-19(24)23(18)20-13-15(2)12-16-6-4-3-5-7-16/h3-13H,1-2H3,(H,22,24)/b15-12+,20-13?. The van der Waals surface area contributed by atoms with Crippen LogP contribution in [0.5, 0.6) is 0 Å². The number of aromatic nitrogens is 3. The van der Waals surface area contributed by atoms with Crippen molar-refractivity contribution in [2.45, 2.75) is 13.8 Å². The van der Waals surface area contributed by atoms with Crippen LogP contribution in [0.15, 0.2) is 65.3 Å². The normalized spacial score (nSPS) is 12.0. The number of aromatic amines is 1. The molecule has 1 aromatic heterocycles. The van der Waals surface area contributed by atoms with Crippen LogP contribution in [0.1, 0.15) is 18.1 Å². The van der Waals surface area contributed by atoms with Crippen LogP contribution in [-0.4, -0.2) is 21.1 Å². The number of H-pyrrole nitrogens is 1. The summed E-state index contributed by atoms with van der Waals surface area (Å²) < 4.78 is 2.11. The molecule has 4 nitrogen and oxygen atoms in total. The van der Waals surface area contributed by atoms with Gasteiger partial charge in [0.05, 0.1) is 6.21 Å². The highest BCUT2D eigenvalue weighted by molar-refractivity contribution is 7.71. The predicted octanol–water partition coefficient (Wildman–Crippen LogP) is 4.85. The summed E-state index contributed by atoms with van der Waals surface area (Å²) >= 11 is 5.29. The molecule has 0 saturated carbocycles. The first-order valence-electron chi connectivity index (χ1n) is 7.65. The van der Waals surface area contributed by atoms with Crippen molar-refractivity contribution in [1.29, 1.82) is 0 Å². The van der Waals surface area contributed by atoms with Gasteiger partial charge in [0.15, 0.2) is 5.82 Å². The molecule has 0 spiro atoms. The van der Waals surface area contributed by atoms with Gasteiger partial charge in [-0.25, -0.2) is 5.10 Å². The van der Waals surface area contributed by atoms with Crippen molar-refractivity contribution in [3.8, 4) is 11.4 Å². The van der Waals surface area contributed by atoms with Crippen LogP contribution in [0.4, 0.5) is 0 Å². The molecule has 0 saturated heterocycles. The Bertz CT molecular complexity index is 932. The van der Waals surface area contributed by atoms with Gasteiger partial charge in [-0.2, -0.15) is 14.9 Å². The summed E-state index contributed by atoms with van der Waals surface area (Å²) in [4.78, 5) is 0. The molecular weight excluding hydrogens is 316 g/mol. The lowest BCUT2D eigenvalue weighted by atomic mass is 10.1. The van der Waals surface area contributed by atoms with Gasteiger partial charge in [0.1, 0.15) is 0 Å². The molecule has 0 bridgehead atoms. The Morgan fingerprint density at radius 3 is 2.54 bits per heavy atom. The molecule has 0 aliphatic carbocycles. The maximum atomic E-state index is 5.29. The van der Waals surface area contributed by atoms with Crippen molar-refractivity contribution in [1.82, 2.24) is 14.9 Å². The van der Waals surface area contributed by atoms with Crippen LogP contribution in [0, 0.1) is 11.7 Å². The molecule has 1 N–H and O–H groups in total. The predicted molar refractivity (Wildman–Crippen MR) is 102 cm³/mol. The number of aryl methyl sites for hydroxylation is 1. The second-order valence-corrected chi connectivity index (χ2v) is 5.96. The number of allylic oxidation sites excluding steroid dienone is 1. The summed E-state index contributed by atoms with van der Waals surface area (Å²) in [6, 6.07) is 18.2. The van der Waals surface area contributed by atoms with Crippen LogP contribution in [0.3, 0.4) is 0 Å². The van der Waals surface area contributed by atoms with Crippen molar-refractivity contribution >= 4 is 24.5 Å². The van der Waals surface area contributed by atoms with Gasteiger partial charge in [0.2, 0.25) is 4.77 Å². The van der Waals surface area contributed by atoms with Gasteiger partial charge in [-0.1, -0.05) is 66.2 Å². The van der Waals surface area contributed by atoms with E-state index in [-0.39, 0.29) is 0 Å². The highest BCUT2D eigenvalue weighted by atomic mass is 32.1. The summed E-state index contributed by atoms with van der Waals surface area (Å²) in [5.41, 5.74) is 4.33. The fourth-order valence-electron chi connectivity index (χ4n) is 2.29. The van der Waals surface area contributed by atoms with E-state index in [2.05, 4.69) is 40.4 Å². The monoisotopic (exact) mass is 334 g/mol. The number of hydrogen-bond acceptors (Lipinski definition) is 3. The van der Waals surface area contributed by atoms with Gasteiger partial charge in [0.25, 0.3) is 0 Å². The Balaban J connectivity index is 1.90. The first-order chi connectivity index (χ1) is 11.6. The molecule has 3 aromatic rings. The van der Waals surface area contributed by atoms with E-state index in [0.29, 0.717) is 10.6 Å². The molecule has 24 heavy (non-hydrogen) atoms. The van der Waals surface area contributed by atoms with E-state index < -0.39 is 0 Å². The maximum Gasteiger partial charge on any atom is 0.216 e. The molecule has 0 aliphatic rings. The molecular formula is C19H18N4S. The zero-order valence-corrected chi connectivity index (χ0v) is 14.4. The minimum absolute atomic E-state index is 0.467. The van der Waals surface area contributed by atoms with Crippen molar-refractivity contribution in [3.63, 3.8) is 0 Å². The minimum Gasteiger partial charge on any atom is -0.250 e. The van der Waals surface area contributed by atoms with E-state index >= 15 is 0 Å². The van der Waals surface area contributed by atoms with E-state index in [1.807, 2.05) is 49.4 Å². The van der Waals surface area contributed by atoms with E-state index in [1.165, 1.54) is 5.56 Å². The number of benzene rings is 2. The Labute approximate surface area is 146 Å². The second kappa shape index (κ2) is 7.19. The summed E-state index contributed by atoms with van der Waals surface area (Å²) in [6.45, 7) is 4.06. The summed E-state index contributed by atoms with van der Waals surface area (Å²) in [5.74, 6) is 0.698. The fourth-order valence-corrected chi connectivity index (χ4v) is 2.47. The van der Waals surface area contributed by atoms with E-state index in [9.17, 15) is 0 Å². The Morgan fingerprint density at radius 2 is 1.83 bits per heavy atom. The van der Waals surface area contributed by atoms with Crippen LogP contribution < -0.4 is 0 Å². The van der Waals surface area contributed by atoms with Crippen molar-refractivity contribution < 1.29 is 0 Å². The molecule has 2 aromatic carbocycles. The fraction of sp³-hybridized carbons (Fsp3) is 0.105. The highest BCUT2D eigenvalue weighted by Crippen LogP contribution is 2.17. The van der Waals surface area contributed by atoms with Crippen LogP contribution >= 0.6 is 12.2 Å². The smallest absolute Gasteiger partial charge is 0.216 e. The maximum absolute atomic E-state index is 5.29. The lowest BCUT2D eigenvalue weighted by Gasteiger charge is -2.01. The molecule has 0 amide bonds. The van der Waals surface area contributed by atoms with Gasteiger partial charge < -0.3 is 0 Å². The summed E-state index contributed by atoms with van der Waals surface area (Å²) in [7, 11) is 0. The first kappa shape index (κ1) is 16.1. The quantitative estimate of drug-likeness (QED) is 0.547. The Kier molecular flexibility index (Phi) is 4.82. The zero-order chi connectivity index (χ0) is 16.9. The number of rotatable bonds is 4. The van der Waals surface area contributed by atoms with Crippen molar-refractivity contribution in [3.05, 3.63) is 76.1 Å². The molecule has 5 heteroatoms. The Morgan fingerprint density at radius 1 is 1.12 bits per heavy atom. The third kappa shape index (κ3) is 3.75. The average Bonchev–Trinajstić information content (AvgIpc) is 2.95. The Hall–Kier alpha value is -2.79. The van der Waals surface area contributed by atoms with E-state index in [4.69, 9.17) is 12.2 Å². The van der Waals surface area contributed by atoms with E-state index in [0.717, 1.165) is 16.7 Å². The molecule has 120 valence electrons. The number of hydrogen-bond donors (Lipinski definition) is 1. The lowest BCUT2D eigenvalue weighted by molar-refractivity contribution is 0.871. The van der Waals surface area contributed by atoms with Gasteiger partial charge >= 0.3 is 0 Å². The third-order valence-corrected chi connectivity index (χ3v) is 3.80. The average molecular weight is 334 g/mol. The zero-order valence-electron chi connectivity index (χ0n) is 13.6. The van der Waals surface area contributed by atoms with Crippen molar-refractivity contribution in [2.75, 3.05) is 0 Å².